The summed E-state index contributed by atoms with van der Waals surface area (Å²) in [4.78, 5) is 5.49. The molecule has 1 saturated heterocycles. The Labute approximate surface area is 112 Å². The van der Waals surface area contributed by atoms with Gasteiger partial charge in [-0.05, 0) is 17.2 Å². The van der Waals surface area contributed by atoms with Crippen LogP contribution in [-0.4, -0.2) is 44.5 Å². The van der Waals surface area contributed by atoms with Crippen molar-refractivity contribution in [1.29, 1.82) is 0 Å². The molecule has 19 heavy (non-hydrogen) atoms. The molecule has 1 fully saturated rings. The molecule has 3 rings (SSSR count). The molecule has 0 aromatic carbocycles. The maximum Gasteiger partial charge on any atom is 0.0525 e. The van der Waals surface area contributed by atoms with Gasteiger partial charge in [0.25, 0.3) is 0 Å². The highest BCUT2D eigenvalue weighted by atomic mass is 16.3. The minimum Gasteiger partial charge on any atom is -0.396 e. The number of likely N-dealkylation sites (tertiary alicyclic amines) is 1. The van der Waals surface area contributed by atoms with Crippen LogP contribution >= 0.6 is 0 Å². The van der Waals surface area contributed by atoms with E-state index in [2.05, 4.69) is 27.2 Å². The van der Waals surface area contributed by atoms with Crippen molar-refractivity contribution in [1.82, 2.24) is 19.7 Å². The van der Waals surface area contributed by atoms with Crippen LogP contribution in [0.25, 0.3) is 0 Å². The van der Waals surface area contributed by atoms with Gasteiger partial charge in [0.2, 0.25) is 0 Å². The Balaban J connectivity index is 1.71. The molecule has 1 aliphatic heterocycles. The summed E-state index contributed by atoms with van der Waals surface area (Å²) in [5.74, 6) is 0.695. The Morgan fingerprint density at radius 1 is 1.47 bits per heavy atom. The number of aliphatic hydroxyl groups excluding tert-OH is 1. The van der Waals surface area contributed by atoms with Gasteiger partial charge in [0.05, 0.1) is 6.20 Å². The van der Waals surface area contributed by atoms with E-state index in [4.69, 9.17) is 0 Å². The van der Waals surface area contributed by atoms with Crippen molar-refractivity contribution in [3.05, 3.63) is 42.0 Å². The minimum atomic E-state index is 0.239. The van der Waals surface area contributed by atoms with Crippen LogP contribution in [0, 0.1) is 5.92 Å². The van der Waals surface area contributed by atoms with Gasteiger partial charge < -0.3 is 10.1 Å². The average Bonchev–Trinajstić information content (AvgIpc) is 3.10. The third-order valence-electron chi connectivity index (χ3n) is 3.97. The first kappa shape index (κ1) is 12.4. The number of aromatic nitrogens is 3. The molecule has 0 amide bonds. The van der Waals surface area contributed by atoms with E-state index in [0.717, 1.165) is 19.6 Å². The van der Waals surface area contributed by atoms with Gasteiger partial charge in [-0.2, -0.15) is 5.10 Å². The zero-order chi connectivity index (χ0) is 13.2. The third-order valence-corrected chi connectivity index (χ3v) is 3.97. The monoisotopic (exact) mass is 260 g/mol. The Kier molecular flexibility index (Phi) is 3.40. The number of hydrogen-bond acceptors (Lipinski definition) is 3. The standard InChI is InChI=1S/C14H20N4O/c1-17-7-12(5-16-17)14-9-18(8-13(14)10-19)6-11-2-3-15-4-11/h2-5,7,13-15,19H,6,8-10H2,1H3/t13-,14-/m0/s1. The normalized spacial score (nSPS) is 24.1. The molecule has 0 spiro atoms. The number of nitrogens with zero attached hydrogens (tertiary/aromatic N) is 3. The number of hydrogen-bond donors (Lipinski definition) is 2. The molecule has 3 heterocycles. The van der Waals surface area contributed by atoms with Crippen molar-refractivity contribution in [2.45, 2.75) is 12.5 Å². The molecule has 0 unspecified atom stereocenters. The molecule has 0 aliphatic carbocycles. The van der Waals surface area contributed by atoms with Crippen LogP contribution in [0.1, 0.15) is 17.0 Å². The highest BCUT2D eigenvalue weighted by Crippen LogP contribution is 2.32. The van der Waals surface area contributed by atoms with Crippen molar-refractivity contribution in [3.63, 3.8) is 0 Å². The van der Waals surface area contributed by atoms with Crippen molar-refractivity contribution < 1.29 is 5.11 Å². The van der Waals surface area contributed by atoms with Gasteiger partial charge >= 0.3 is 0 Å². The highest BCUT2D eigenvalue weighted by molar-refractivity contribution is 5.17. The quantitative estimate of drug-likeness (QED) is 0.861. The zero-order valence-corrected chi connectivity index (χ0v) is 11.2. The van der Waals surface area contributed by atoms with E-state index in [9.17, 15) is 5.11 Å². The van der Waals surface area contributed by atoms with Crippen molar-refractivity contribution >= 4 is 0 Å². The maximum absolute atomic E-state index is 9.59. The molecular weight excluding hydrogens is 240 g/mol. The maximum atomic E-state index is 9.59. The van der Waals surface area contributed by atoms with Crippen LogP contribution in [-0.2, 0) is 13.6 Å². The van der Waals surface area contributed by atoms with Gasteiger partial charge in [0, 0.05) is 63.7 Å². The number of aliphatic hydroxyl groups is 1. The van der Waals surface area contributed by atoms with E-state index in [1.807, 2.05) is 30.3 Å². The van der Waals surface area contributed by atoms with E-state index >= 15 is 0 Å². The van der Waals surface area contributed by atoms with Crippen LogP contribution in [0.3, 0.4) is 0 Å². The predicted octanol–water partition coefficient (Wildman–Crippen LogP) is 0.956. The number of aromatic amines is 1. The topological polar surface area (TPSA) is 57.1 Å². The Bertz CT molecular complexity index is 519. The summed E-state index contributed by atoms with van der Waals surface area (Å²) >= 11 is 0. The lowest BCUT2D eigenvalue weighted by Gasteiger charge is -2.14. The van der Waals surface area contributed by atoms with E-state index in [0.29, 0.717) is 11.8 Å². The molecule has 102 valence electrons. The van der Waals surface area contributed by atoms with Crippen molar-refractivity contribution in [3.8, 4) is 0 Å². The summed E-state index contributed by atoms with van der Waals surface area (Å²) in [6.07, 6.45) is 7.97. The predicted molar refractivity (Wildman–Crippen MR) is 72.6 cm³/mol. The Morgan fingerprint density at radius 3 is 3.00 bits per heavy atom. The van der Waals surface area contributed by atoms with Gasteiger partial charge in [-0.25, -0.2) is 0 Å². The first-order chi connectivity index (χ1) is 9.26. The van der Waals surface area contributed by atoms with E-state index < -0.39 is 0 Å². The highest BCUT2D eigenvalue weighted by Gasteiger charge is 2.33. The molecule has 0 radical (unpaired) electrons. The summed E-state index contributed by atoms with van der Waals surface area (Å²) in [6, 6.07) is 2.10. The molecule has 5 heteroatoms. The van der Waals surface area contributed by atoms with Gasteiger partial charge in [-0.1, -0.05) is 0 Å². The molecule has 2 aromatic rings. The van der Waals surface area contributed by atoms with Crippen LogP contribution in [0.4, 0.5) is 0 Å². The van der Waals surface area contributed by atoms with Crippen LogP contribution in [0.5, 0.6) is 0 Å². The molecule has 2 atom stereocenters. The molecule has 1 aliphatic rings. The fourth-order valence-corrected chi connectivity index (χ4v) is 3.00. The smallest absolute Gasteiger partial charge is 0.0525 e. The lowest BCUT2D eigenvalue weighted by Crippen LogP contribution is -2.20. The Morgan fingerprint density at radius 2 is 2.37 bits per heavy atom. The molecule has 2 aromatic heterocycles. The zero-order valence-electron chi connectivity index (χ0n) is 11.2. The second-order valence-corrected chi connectivity index (χ2v) is 5.41. The van der Waals surface area contributed by atoms with Crippen molar-refractivity contribution in [2.24, 2.45) is 13.0 Å². The van der Waals surface area contributed by atoms with Crippen LogP contribution < -0.4 is 0 Å². The van der Waals surface area contributed by atoms with Gasteiger partial charge in [-0.15, -0.1) is 0 Å². The lowest BCUT2D eigenvalue weighted by molar-refractivity contribution is 0.214. The first-order valence-corrected chi connectivity index (χ1v) is 6.69. The molecule has 0 bridgehead atoms. The van der Waals surface area contributed by atoms with Gasteiger partial charge in [0.15, 0.2) is 0 Å². The fourth-order valence-electron chi connectivity index (χ4n) is 3.00. The second kappa shape index (κ2) is 5.19. The van der Waals surface area contributed by atoms with E-state index in [1.165, 1.54) is 11.1 Å². The van der Waals surface area contributed by atoms with E-state index in [-0.39, 0.29) is 6.61 Å². The lowest BCUT2D eigenvalue weighted by atomic mass is 9.92. The SMILES string of the molecule is Cn1cc([C@@H]2CN(Cc3cc[nH]c3)C[C@H]2CO)cn1. The molecule has 2 N–H and O–H groups in total. The van der Waals surface area contributed by atoms with Crippen LogP contribution in [0.2, 0.25) is 0 Å². The third kappa shape index (κ3) is 2.57. The summed E-state index contributed by atoms with van der Waals surface area (Å²) in [5, 5.41) is 13.8. The minimum absolute atomic E-state index is 0.239. The second-order valence-electron chi connectivity index (χ2n) is 5.41. The number of aryl methyl sites for hydroxylation is 1. The first-order valence-electron chi connectivity index (χ1n) is 6.69. The summed E-state index contributed by atoms with van der Waals surface area (Å²) in [5.41, 5.74) is 2.53. The fraction of sp³-hybridized carbons (Fsp3) is 0.500. The summed E-state index contributed by atoms with van der Waals surface area (Å²) in [6.45, 7) is 3.11. The Hall–Kier alpha value is -1.59. The molecule has 0 saturated carbocycles. The van der Waals surface area contributed by atoms with Crippen molar-refractivity contribution in [2.75, 3.05) is 19.7 Å². The molecule has 5 nitrogen and oxygen atoms in total. The summed E-state index contributed by atoms with van der Waals surface area (Å²) in [7, 11) is 1.93. The van der Waals surface area contributed by atoms with Gasteiger partial charge in [-0.3, -0.25) is 9.58 Å². The van der Waals surface area contributed by atoms with E-state index in [1.54, 1.807) is 0 Å². The average molecular weight is 260 g/mol. The molecular formula is C14H20N4O. The summed E-state index contributed by atoms with van der Waals surface area (Å²) < 4.78 is 1.83. The number of H-pyrrole nitrogens is 1. The largest absolute Gasteiger partial charge is 0.396 e. The number of nitrogens with one attached hydrogen (secondary N) is 1. The number of rotatable bonds is 4. The van der Waals surface area contributed by atoms with Crippen LogP contribution in [0.15, 0.2) is 30.9 Å². The van der Waals surface area contributed by atoms with Gasteiger partial charge in [0.1, 0.15) is 0 Å².